The molecule has 0 unspecified atom stereocenters. The summed E-state index contributed by atoms with van der Waals surface area (Å²) in [4.78, 5) is 29.5. The normalized spacial score (nSPS) is 13.1. The first kappa shape index (κ1) is 21.3. The van der Waals surface area contributed by atoms with Gasteiger partial charge in [-0.15, -0.1) is 0 Å². The largest absolute Gasteiger partial charge is 0.349 e. The molecule has 0 radical (unpaired) electrons. The average molecular weight is 450 g/mol. The van der Waals surface area contributed by atoms with Gasteiger partial charge in [-0.3, -0.25) is 14.6 Å². The van der Waals surface area contributed by atoms with E-state index >= 15 is 0 Å². The van der Waals surface area contributed by atoms with Crippen LogP contribution in [0.5, 0.6) is 0 Å². The van der Waals surface area contributed by atoms with Crippen molar-refractivity contribution in [3.05, 3.63) is 103 Å². The highest BCUT2D eigenvalue weighted by Crippen LogP contribution is 2.25. The zero-order chi connectivity index (χ0) is 23.3. The molecule has 2 N–H and O–H groups in total. The second-order valence-electron chi connectivity index (χ2n) is 8.07. The highest BCUT2D eigenvalue weighted by Gasteiger charge is 2.24. The number of benzene rings is 2. The molecular weight excluding hydrogens is 426 g/mol. The summed E-state index contributed by atoms with van der Waals surface area (Å²) in [5.74, 6) is -0.512. The Hall–Kier alpha value is -4.52. The number of anilines is 1. The standard InChI is InChI=1S/C27H23N5O2/c33-25(30-24-11-5-4-10-23(24)27(34)29-21-13-14-21)15-12-20-18-32(22-8-2-1-3-9-22)31-26(20)19-7-6-16-28-17-19/h1-12,15-18,21H,13-14H2,(H,29,34)(H,30,33)/b15-12+. The van der Waals surface area contributed by atoms with E-state index in [1.165, 1.54) is 6.08 Å². The molecule has 0 saturated heterocycles. The molecule has 2 amide bonds. The number of hydrogen-bond donors (Lipinski definition) is 2. The van der Waals surface area contributed by atoms with Crippen molar-refractivity contribution in [3.63, 3.8) is 0 Å². The minimum atomic E-state index is -0.337. The van der Waals surface area contributed by atoms with Crippen LogP contribution < -0.4 is 10.6 Å². The zero-order valence-electron chi connectivity index (χ0n) is 18.4. The van der Waals surface area contributed by atoms with Gasteiger partial charge in [0.15, 0.2) is 0 Å². The third-order valence-corrected chi connectivity index (χ3v) is 5.45. The lowest BCUT2D eigenvalue weighted by Crippen LogP contribution is -2.26. The molecule has 5 rings (SSSR count). The number of carbonyl (C=O) groups excluding carboxylic acids is 2. The van der Waals surface area contributed by atoms with Crippen LogP contribution in [0, 0.1) is 0 Å². The number of amides is 2. The van der Waals surface area contributed by atoms with Gasteiger partial charge in [-0.1, -0.05) is 30.3 Å². The van der Waals surface area contributed by atoms with Crippen LogP contribution in [-0.4, -0.2) is 32.6 Å². The first-order valence-electron chi connectivity index (χ1n) is 11.1. The number of carbonyl (C=O) groups is 2. The minimum absolute atomic E-state index is 0.176. The summed E-state index contributed by atoms with van der Waals surface area (Å²) in [6.45, 7) is 0. The molecule has 0 atom stereocenters. The molecule has 0 spiro atoms. The second-order valence-corrected chi connectivity index (χ2v) is 8.07. The van der Waals surface area contributed by atoms with Crippen LogP contribution in [0.1, 0.15) is 28.8 Å². The van der Waals surface area contributed by atoms with E-state index in [2.05, 4.69) is 15.6 Å². The van der Waals surface area contributed by atoms with Gasteiger partial charge in [0.25, 0.3) is 5.91 Å². The lowest BCUT2D eigenvalue weighted by atomic mass is 10.1. The highest BCUT2D eigenvalue weighted by atomic mass is 16.2. The lowest BCUT2D eigenvalue weighted by molar-refractivity contribution is -0.111. The van der Waals surface area contributed by atoms with Crippen molar-refractivity contribution >= 4 is 23.6 Å². The number of para-hydroxylation sites is 2. The maximum atomic E-state index is 12.8. The molecule has 168 valence electrons. The average Bonchev–Trinajstić information content (AvgIpc) is 3.59. The number of rotatable bonds is 7. The van der Waals surface area contributed by atoms with Gasteiger partial charge in [0, 0.05) is 41.8 Å². The van der Waals surface area contributed by atoms with E-state index in [0.717, 1.165) is 29.7 Å². The predicted molar refractivity (Wildman–Crippen MR) is 131 cm³/mol. The van der Waals surface area contributed by atoms with Gasteiger partial charge in [-0.05, 0) is 55.3 Å². The summed E-state index contributed by atoms with van der Waals surface area (Å²) in [6, 6.07) is 20.8. The van der Waals surface area contributed by atoms with Gasteiger partial charge in [0.1, 0.15) is 5.69 Å². The van der Waals surface area contributed by atoms with Gasteiger partial charge in [-0.2, -0.15) is 5.10 Å². The molecule has 2 aromatic carbocycles. The van der Waals surface area contributed by atoms with Crippen LogP contribution in [-0.2, 0) is 4.79 Å². The summed E-state index contributed by atoms with van der Waals surface area (Å²) >= 11 is 0. The zero-order valence-corrected chi connectivity index (χ0v) is 18.4. The second kappa shape index (κ2) is 9.54. The summed E-state index contributed by atoms with van der Waals surface area (Å²) in [5.41, 5.74) is 4.16. The van der Waals surface area contributed by atoms with Crippen molar-refractivity contribution in [2.45, 2.75) is 18.9 Å². The first-order chi connectivity index (χ1) is 16.7. The van der Waals surface area contributed by atoms with E-state index in [9.17, 15) is 9.59 Å². The van der Waals surface area contributed by atoms with E-state index in [-0.39, 0.29) is 17.9 Å². The molecule has 1 aliphatic rings. The molecule has 7 heteroatoms. The van der Waals surface area contributed by atoms with E-state index in [1.807, 2.05) is 48.7 Å². The Morgan fingerprint density at radius 2 is 1.76 bits per heavy atom. The summed E-state index contributed by atoms with van der Waals surface area (Å²) < 4.78 is 1.78. The fourth-order valence-electron chi connectivity index (χ4n) is 3.57. The topological polar surface area (TPSA) is 88.9 Å². The highest BCUT2D eigenvalue weighted by molar-refractivity contribution is 6.07. The molecule has 2 aromatic heterocycles. The fourth-order valence-corrected chi connectivity index (χ4v) is 3.57. The SMILES string of the molecule is O=C(/C=C/c1cn(-c2ccccc2)nc1-c1cccnc1)Nc1ccccc1C(=O)NC1CC1. The predicted octanol–water partition coefficient (Wildman–Crippen LogP) is 4.48. The Morgan fingerprint density at radius 1 is 0.971 bits per heavy atom. The Morgan fingerprint density at radius 3 is 2.53 bits per heavy atom. The molecule has 1 fully saturated rings. The third kappa shape index (κ3) is 4.94. The van der Waals surface area contributed by atoms with E-state index in [4.69, 9.17) is 5.10 Å². The molecular formula is C27H23N5O2. The van der Waals surface area contributed by atoms with Crippen molar-refractivity contribution in [1.29, 1.82) is 0 Å². The van der Waals surface area contributed by atoms with Crippen molar-refractivity contribution < 1.29 is 9.59 Å². The molecule has 1 aliphatic carbocycles. The van der Waals surface area contributed by atoms with Crippen molar-refractivity contribution in [2.75, 3.05) is 5.32 Å². The maximum Gasteiger partial charge on any atom is 0.253 e. The van der Waals surface area contributed by atoms with Gasteiger partial charge >= 0.3 is 0 Å². The molecule has 7 nitrogen and oxygen atoms in total. The number of aromatic nitrogens is 3. The Labute approximate surface area is 197 Å². The molecule has 34 heavy (non-hydrogen) atoms. The maximum absolute atomic E-state index is 12.8. The summed E-state index contributed by atoms with van der Waals surface area (Å²) in [7, 11) is 0. The van der Waals surface area contributed by atoms with Crippen LogP contribution in [0.4, 0.5) is 5.69 Å². The fraction of sp³-hybridized carbons (Fsp3) is 0.111. The number of pyridine rings is 1. The van der Waals surface area contributed by atoms with Crippen LogP contribution in [0.2, 0.25) is 0 Å². The van der Waals surface area contributed by atoms with E-state index < -0.39 is 0 Å². The van der Waals surface area contributed by atoms with Gasteiger partial charge in [-0.25, -0.2) is 4.68 Å². The van der Waals surface area contributed by atoms with E-state index in [0.29, 0.717) is 16.9 Å². The summed E-state index contributed by atoms with van der Waals surface area (Å²) in [5, 5.41) is 10.5. The molecule has 2 heterocycles. The first-order valence-corrected chi connectivity index (χ1v) is 11.1. The van der Waals surface area contributed by atoms with Gasteiger partial charge in [0.05, 0.1) is 16.9 Å². The van der Waals surface area contributed by atoms with Crippen molar-refractivity contribution in [2.24, 2.45) is 0 Å². The number of hydrogen-bond acceptors (Lipinski definition) is 4. The van der Waals surface area contributed by atoms with Gasteiger partial charge < -0.3 is 10.6 Å². The van der Waals surface area contributed by atoms with Crippen LogP contribution in [0.25, 0.3) is 23.0 Å². The smallest absolute Gasteiger partial charge is 0.253 e. The molecule has 1 saturated carbocycles. The molecule has 0 aliphatic heterocycles. The Bertz CT molecular complexity index is 1340. The number of nitrogens with zero attached hydrogens (tertiary/aromatic N) is 3. The van der Waals surface area contributed by atoms with Crippen LogP contribution in [0.3, 0.4) is 0 Å². The van der Waals surface area contributed by atoms with Crippen molar-refractivity contribution in [1.82, 2.24) is 20.1 Å². The van der Waals surface area contributed by atoms with Crippen LogP contribution in [0.15, 0.2) is 91.4 Å². The van der Waals surface area contributed by atoms with E-state index in [1.54, 1.807) is 47.4 Å². The number of nitrogens with one attached hydrogen (secondary N) is 2. The summed E-state index contributed by atoms with van der Waals surface area (Å²) in [6.07, 6.45) is 10.5. The lowest BCUT2D eigenvalue weighted by Gasteiger charge is -2.09. The monoisotopic (exact) mass is 449 g/mol. The molecule has 4 aromatic rings. The Balaban J connectivity index is 1.39. The molecule has 0 bridgehead atoms. The Kier molecular flexibility index (Phi) is 5.99. The van der Waals surface area contributed by atoms with Crippen LogP contribution >= 0.6 is 0 Å². The minimum Gasteiger partial charge on any atom is -0.349 e. The third-order valence-electron chi connectivity index (χ3n) is 5.45. The van der Waals surface area contributed by atoms with Crippen molar-refractivity contribution in [3.8, 4) is 16.9 Å². The van der Waals surface area contributed by atoms with Gasteiger partial charge in [0.2, 0.25) is 5.91 Å². The quantitative estimate of drug-likeness (QED) is 0.407.